The van der Waals surface area contributed by atoms with Crippen LogP contribution in [0.3, 0.4) is 0 Å². The van der Waals surface area contributed by atoms with Crippen molar-refractivity contribution in [3.8, 4) is 0 Å². The third-order valence-electron chi connectivity index (χ3n) is 3.51. The number of rotatable bonds is 3. The minimum absolute atomic E-state index is 0.0720. The van der Waals surface area contributed by atoms with Crippen LogP contribution in [-0.4, -0.2) is 22.0 Å². The fourth-order valence-corrected chi connectivity index (χ4v) is 3.63. The van der Waals surface area contributed by atoms with Gasteiger partial charge in [0.2, 0.25) is 11.8 Å². The summed E-state index contributed by atoms with van der Waals surface area (Å²) in [7, 11) is 0. The normalized spacial score (nSPS) is 18.1. The third-order valence-corrected chi connectivity index (χ3v) is 5.11. The minimum atomic E-state index is -4.55. The lowest BCUT2D eigenvalue weighted by atomic mass is 10.3. The highest BCUT2D eigenvalue weighted by molar-refractivity contribution is 8.00. The second-order valence-electron chi connectivity index (χ2n) is 5.22. The van der Waals surface area contributed by atoms with E-state index in [0.717, 1.165) is 22.7 Å². The smallest absolute Gasteiger partial charge is 0.274 e. The molecule has 1 aromatic heterocycles. The second kappa shape index (κ2) is 6.68. The minimum Gasteiger partial charge on any atom is -0.274 e. The highest BCUT2D eigenvalue weighted by Gasteiger charge is 2.41. The van der Waals surface area contributed by atoms with Crippen molar-refractivity contribution >= 4 is 40.9 Å². The first-order chi connectivity index (χ1) is 11.8. The predicted octanol–water partition coefficient (Wildman–Crippen LogP) is 4.18. The van der Waals surface area contributed by atoms with Gasteiger partial charge in [-0.25, -0.2) is 9.88 Å². The number of para-hydroxylation sites is 1. The molecule has 1 aromatic carbocycles. The number of amides is 2. The van der Waals surface area contributed by atoms with Crippen LogP contribution in [-0.2, 0) is 15.8 Å². The van der Waals surface area contributed by atoms with Gasteiger partial charge >= 0.3 is 6.18 Å². The monoisotopic (exact) mass is 386 g/mol. The van der Waals surface area contributed by atoms with Crippen molar-refractivity contribution in [2.45, 2.75) is 22.9 Å². The molecule has 0 bridgehead atoms. The van der Waals surface area contributed by atoms with Crippen LogP contribution in [0.15, 0.2) is 47.6 Å². The number of hydrogen-bond donors (Lipinski definition) is 0. The lowest BCUT2D eigenvalue weighted by Crippen LogP contribution is -2.31. The van der Waals surface area contributed by atoms with Crippen LogP contribution >= 0.6 is 23.4 Å². The molecular weight excluding hydrogens is 377 g/mol. The van der Waals surface area contributed by atoms with Crippen molar-refractivity contribution in [1.29, 1.82) is 0 Å². The van der Waals surface area contributed by atoms with Gasteiger partial charge in [0.25, 0.3) is 0 Å². The molecule has 9 heteroatoms. The van der Waals surface area contributed by atoms with Crippen LogP contribution in [0.2, 0.25) is 5.02 Å². The van der Waals surface area contributed by atoms with Crippen LogP contribution in [0, 0.1) is 0 Å². The van der Waals surface area contributed by atoms with Crippen molar-refractivity contribution in [3.63, 3.8) is 0 Å². The Morgan fingerprint density at radius 3 is 2.48 bits per heavy atom. The molecular formula is C16H10ClF3N2O2S. The Morgan fingerprint density at radius 2 is 1.88 bits per heavy atom. The molecule has 25 heavy (non-hydrogen) atoms. The maximum absolute atomic E-state index is 12.6. The van der Waals surface area contributed by atoms with Crippen molar-refractivity contribution in [2.24, 2.45) is 0 Å². The Bertz CT molecular complexity index is 830. The lowest BCUT2D eigenvalue weighted by Gasteiger charge is -2.15. The average Bonchev–Trinajstić information content (AvgIpc) is 2.83. The molecule has 4 nitrogen and oxygen atoms in total. The van der Waals surface area contributed by atoms with E-state index in [-0.39, 0.29) is 22.4 Å². The Morgan fingerprint density at radius 1 is 1.20 bits per heavy atom. The number of carbonyl (C=O) groups excluding carboxylic acids is 2. The van der Waals surface area contributed by atoms with Crippen LogP contribution in [0.25, 0.3) is 0 Å². The molecule has 0 spiro atoms. The predicted molar refractivity (Wildman–Crippen MR) is 87.4 cm³/mol. The number of benzene rings is 1. The van der Waals surface area contributed by atoms with E-state index in [2.05, 4.69) is 4.98 Å². The Labute approximate surface area is 150 Å². The highest BCUT2D eigenvalue weighted by Crippen LogP contribution is 2.38. The zero-order valence-electron chi connectivity index (χ0n) is 12.5. The Balaban J connectivity index is 1.80. The van der Waals surface area contributed by atoms with E-state index in [1.54, 1.807) is 30.3 Å². The number of halogens is 4. The Hall–Kier alpha value is -2.06. The fraction of sp³-hybridized carbons (Fsp3) is 0.188. The zero-order chi connectivity index (χ0) is 18.2. The molecule has 3 rings (SSSR count). The van der Waals surface area contributed by atoms with Gasteiger partial charge in [-0.1, -0.05) is 41.6 Å². The maximum Gasteiger partial charge on any atom is 0.417 e. The van der Waals surface area contributed by atoms with E-state index in [0.29, 0.717) is 11.9 Å². The summed E-state index contributed by atoms with van der Waals surface area (Å²) in [6.45, 7) is 0. The first kappa shape index (κ1) is 17.8. The van der Waals surface area contributed by atoms with Gasteiger partial charge in [-0.3, -0.25) is 9.59 Å². The van der Waals surface area contributed by atoms with Gasteiger partial charge in [0.05, 0.1) is 21.5 Å². The standard InChI is InChI=1S/C16H10ClF3N2O2S/c17-11-6-9(16(18,19)20)8-21-14(11)25-12-7-13(23)22(15(12)24)10-4-2-1-3-5-10/h1-6,8,12H,7H2. The molecule has 1 saturated heterocycles. The van der Waals surface area contributed by atoms with Gasteiger partial charge < -0.3 is 0 Å². The fourth-order valence-electron chi connectivity index (χ4n) is 2.35. The van der Waals surface area contributed by atoms with E-state index in [1.165, 1.54) is 0 Å². The van der Waals surface area contributed by atoms with E-state index in [9.17, 15) is 22.8 Å². The molecule has 2 aromatic rings. The third kappa shape index (κ3) is 3.64. The molecule has 2 heterocycles. The summed E-state index contributed by atoms with van der Waals surface area (Å²) in [4.78, 5) is 29.4. The molecule has 0 radical (unpaired) electrons. The van der Waals surface area contributed by atoms with Crippen molar-refractivity contribution < 1.29 is 22.8 Å². The summed E-state index contributed by atoms with van der Waals surface area (Å²) in [5.41, 5.74) is -0.520. The second-order valence-corrected chi connectivity index (χ2v) is 6.82. The highest BCUT2D eigenvalue weighted by atomic mass is 35.5. The van der Waals surface area contributed by atoms with Gasteiger partial charge in [-0.2, -0.15) is 13.2 Å². The molecule has 0 N–H and O–H groups in total. The van der Waals surface area contributed by atoms with Gasteiger partial charge in [-0.15, -0.1) is 0 Å². The molecule has 0 saturated carbocycles. The van der Waals surface area contributed by atoms with E-state index < -0.39 is 22.9 Å². The summed E-state index contributed by atoms with van der Waals surface area (Å²) in [6.07, 6.45) is -3.97. The number of alkyl halides is 3. The largest absolute Gasteiger partial charge is 0.417 e. The zero-order valence-corrected chi connectivity index (χ0v) is 14.0. The number of pyridine rings is 1. The summed E-state index contributed by atoms with van der Waals surface area (Å²) < 4.78 is 37.9. The number of nitrogens with zero attached hydrogens (tertiary/aromatic N) is 2. The van der Waals surface area contributed by atoms with Crippen molar-refractivity contribution in [1.82, 2.24) is 4.98 Å². The Kier molecular flexibility index (Phi) is 4.75. The van der Waals surface area contributed by atoms with Gasteiger partial charge in [0.15, 0.2) is 0 Å². The first-order valence-electron chi connectivity index (χ1n) is 7.08. The molecule has 2 amide bonds. The number of hydrogen-bond acceptors (Lipinski definition) is 4. The molecule has 130 valence electrons. The average molecular weight is 387 g/mol. The van der Waals surface area contributed by atoms with Crippen LogP contribution in [0.4, 0.5) is 18.9 Å². The van der Waals surface area contributed by atoms with E-state index >= 15 is 0 Å². The van der Waals surface area contributed by atoms with Gasteiger partial charge in [0.1, 0.15) is 5.03 Å². The summed E-state index contributed by atoms with van der Waals surface area (Å²) >= 11 is 6.74. The summed E-state index contributed by atoms with van der Waals surface area (Å²) in [5, 5.41) is -0.914. The van der Waals surface area contributed by atoms with Crippen LogP contribution in [0.5, 0.6) is 0 Å². The summed E-state index contributed by atoms with van der Waals surface area (Å²) in [6, 6.07) is 9.17. The quantitative estimate of drug-likeness (QED) is 0.743. The maximum atomic E-state index is 12.6. The number of aromatic nitrogens is 1. The number of imide groups is 1. The topological polar surface area (TPSA) is 50.3 Å². The van der Waals surface area contributed by atoms with Gasteiger partial charge in [0, 0.05) is 12.6 Å². The van der Waals surface area contributed by atoms with E-state index in [1.807, 2.05) is 0 Å². The van der Waals surface area contributed by atoms with Crippen molar-refractivity contribution in [2.75, 3.05) is 4.90 Å². The molecule has 0 aliphatic carbocycles. The molecule has 1 atom stereocenters. The molecule has 1 unspecified atom stereocenters. The summed E-state index contributed by atoms with van der Waals surface area (Å²) in [5.74, 6) is -0.823. The van der Waals surface area contributed by atoms with Crippen LogP contribution < -0.4 is 4.90 Å². The van der Waals surface area contributed by atoms with E-state index in [4.69, 9.17) is 11.6 Å². The van der Waals surface area contributed by atoms with Gasteiger partial charge in [-0.05, 0) is 18.2 Å². The lowest BCUT2D eigenvalue weighted by molar-refractivity contribution is -0.138. The van der Waals surface area contributed by atoms with Crippen LogP contribution in [0.1, 0.15) is 12.0 Å². The number of thioether (sulfide) groups is 1. The SMILES string of the molecule is O=C1CC(Sc2ncc(C(F)(F)F)cc2Cl)C(=O)N1c1ccccc1. The first-order valence-corrected chi connectivity index (χ1v) is 8.34. The molecule has 1 aliphatic rings. The molecule has 1 fully saturated rings. The number of carbonyl (C=O) groups is 2. The van der Waals surface area contributed by atoms with Crippen molar-refractivity contribution in [3.05, 3.63) is 53.2 Å². The molecule has 1 aliphatic heterocycles. The number of anilines is 1.